The largest absolute Gasteiger partial charge is 0.480 e. The fourth-order valence-corrected chi connectivity index (χ4v) is 2.58. The standard InChI is InChI=1S/C14H27N3O3/c1-4-10(5-2)15-14(20)16-11-7-12(8-11)17(6-3)9-13(18)19/h10-12H,4-9H2,1-3H3,(H,18,19)(H2,15,16,20). The highest BCUT2D eigenvalue weighted by molar-refractivity contribution is 5.74. The molecule has 0 heterocycles. The second-order valence-electron chi connectivity index (χ2n) is 5.41. The molecule has 0 aliphatic heterocycles. The third-order valence-corrected chi connectivity index (χ3v) is 4.03. The van der Waals surface area contributed by atoms with Crippen LogP contribution in [-0.2, 0) is 4.79 Å². The minimum atomic E-state index is -0.797. The van der Waals surface area contributed by atoms with Crippen molar-refractivity contribution in [2.45, 2.75) is 64.6 Å². The maximum Gasteiger partial charge on any atom is 0.317 e. The molecule has 0 unspecified atom stereocenters. The monoisotopic (exact) mass is 285 g/mol. The number of hydrogen-bond acceptors (Lipinski definition) is 3. The Bertz CT molecular complexity index is 326. The van der Waals surface area contributed by atoms with Crippen molar-refractivity contribution in [3.8, 4) is 0 Å². The van der Waals surface area contributed by atoms with Crippen molar-refractivity contribution in [1.82, 2.24) is 15.5 Å². The van der Waals surface area contributed by atoms with Crippen LogP contribution in [0.15, 0.2) is 0 Å². The Kier molecular flexibility index (Phi) is 6.78. The molecule has 0 saturated heterocycles. The van der Waals surface area contributed by atoms with Crippen LogP contribution in [0.25, 0.3) is 0 Å². The number of hydrogen-bond donors (Lipinski definition) is 3. The molecule has 0 aromatic carbocycles. The fourth-order valence-electron chi connectivity index (χ4n) is 2.58. The van der Waals surface area contributed by atoms with Gasteiger partial charge in [-0.2, -0.15) is 0 Å². The lowest BCUT2D eigenvalue weighted by Crippen LogP contribution is -2.57. The van der Waals surface area contributed by atoms with Crippen LogP contribution in [0.4, 0.5) is 4.79 Å². The summed E-state index contributed by atoms with van der Waals surface area (Å²) >= 11 is 0. The number of carboxylic acid groups (broad SMARTS) is 1. The molecule has 0 radical (unpaired) electrons. The van der Waals surface area contributed by atoms with E-state index in [4.69, 9.17) is 5.11 Å². The van der Waals surface area contributed by atoms with Crippen molar-refractivity contribution in [2.24, 2.45) is 0 Å². The lowest BCUT2D eigenvalue weighted by atomic mass is 9.85. The van der Waals surface area contributed by atoms with Gasteiger partial charge in [0.1, 0.15) is 0 Å². The number of carbonyl (C=O) groups is 2. The Hall–Kier alpha value is -1.30. The molecule has 1 fully saturated rings. The van der Waals surface area contributed by atoms with Crippen LogP contribution in [0.3, 0.4) is 0 Å². The molecule has 1 rings (SSSR count). The third kappa shape index (κ3) is 5.00. The Balaban J connectivity index is 2.27. The summed E-state index contributed by atoms with van der Waals surface area (Å²) < 4.78 is 0. The molecule has 0 spiro atoms. The SMILES string of the molecule is CCC(CC)NC(=O)NC1CC(N(CC)CC(=O)O)C1. The van der Waals surface area contributed by atoms with Crippen molar-refractivity contribution in [3.63, 3.8) is 0 Å². The number of carboxylic acids is 1. The maximum absolute atomic E-state index is 11.8. The lowest BCUT2D eigenvalue weighted by molar-refractivity contribution is -0.139. The van der Waals surface area contributed by atoms with Crippen LogP contribution in [0, 0.1) is 0 Å². The predicted octanol–water partition coefficient (Wildman–Crippen LogP) is 1.41. The zero-order valence-corrected chi connectivity index (χ0v) is 12.7. The zero-order chi connectivity index (χ0) is 15.1. The molecular formula is C14H27N3O3. The third-order valence-electron chi connectivity index (χ3n) is 4.03. The average Bonchev–Trinajstić information content (AvgIpc) is 2.37. The number of nitrogens with one attached hydrogen (secondary N) is 2. The summed E-state index contributed by atoms with van der Waals surface area (Å²) in [5.74, 6) is -0.797. The summed E-state index contributed by atoms with van der Waals surface area (Å²) in [5.41, 5.74) is 0. The second kappa shape index (κ2) is 8.09. The molecule has 0 bridgehead atoms. The Morgan fingerprint density at radius 1 is 1.25 bits per heavy atom. The van der Waals surface area contributed by atoms with Gasteiger partial charge >= 0.3 is 12.0 Å². The summed E-state index contributed by atoms with van der Waals surface area (Å²) in [6.45, 7) is 6.87. The van der Waals surface area contributed by atoms with E-state index < -0.39 is 5.97 Å². The molecule has 6 nitrogen and oxygen atoms in total. The van der Waals surface area contributed by atoms with E-state index in [2.05, 4.69) is 24.5 Å². The van der Waals surface area contributed by atoms with E-state index in [0.717, 1.165) is 32.2 Å². The van der Waals surface area contributed by atoms with Crippen molar-refractivity contribution >= 4 is 12.0 Å². The minimum Gasteiger partial charge on any atom is -0.480 e. The summed E-state index contributed by atoms with van der Waals surface area (Å²) in [4.78, 5) is 24.5. The molecular weight excluding hydrogens is 258 g/mol. The van der Waals surface area contributed by atoms with Crippen LogP contribution in [0.1, 0.15) is 46.5 Å². The van der Waals surface area contributed by atoms with Gasteiger partial charge in [-0.3, -0.25) is 9.69 Å². The van der Waals surface area contributed by atoms with Gasteiger partial charge in [0.25, 0.3) is 0 Å². The highest BCUT2D eigenvalue weighted by Gasteiger charge is 2.34. The summed E-state index contributed by atoms with van der Waals surface area (Å²) in [5, 5.41) is 14.7. The number of aliphatic carboxylic acids is 1. The molecule has 0 atom stereocenters. The normalized spacial score (nSPS) is 21.6. The molecule has 20 heavy (non-hydrogen) atoms. The van der Waals surface area contributed by atoms with E-state index in [-0.39, 0.29) is 30.7 Å². The number of likely N-dealkylation sites (N-methyl/N-ethyl adjacent to an activating group) is 1. The molecule has 1 saturated carbocycles. The number of nitrogens with zero attached hydrogens (tertiary/aromatic N) is 1. The van der Waals surface area contributed by atoms with E-state index >= 15 is 0 Å². The number of urea groups is 1. The first kappa shape index (κ1) is 16.8. The van der Waals surface area contributed by atoms with Crippen molar-refractivity contribution in [1.29, 1.82) is 0 Å². The van der Waals surface area contributed by atoms with Gasteiger partial charge in [-0.1, -0.05) is 20.8 Å². The highest BCUT2D eigenvalue weighted by Crippen LogP contribution is 2.25. The molecule has 1 aliphatic carbocycles. The number of rotatable bonds is 8. The van der Waals surface area contributed by atoms with E-state index in [9.17, 15) is 9.59 Å². The zero-order valence-electron chi connectivity index (χ0n) is 12.7. The van der Waals surface area contributed by atoms with E-state index in [1.165, 1.54) is 0 Å². The predicted molar refractivity (Wildman–Crippen MR) is 77.7 cm³/mol. The minimum absolute atomic E-state index is 0.0772. The van der Waals surface area contributed by atoms with Gasteiger partial charge in [-0.05, 0) is 32.2 Å². The first-order valence-electron chi connectivity index (χ1n) is 7.52. The van der Waals surface area contributed by atoms with Crippen LogP contribution in [-0.4, -0.2) is 53.2 Å². The second-order valence-corrected chi connectivity index (χ2v) is 5.41. The molecule has 3 N–H and O–H groups in total. The quantitative estimate of drug-likeness (QED) is 0.630. The van der Waals surface area contributed by atoms with Crippen molar-refractivity contribution < 1.29 is 14.7 Å². The van der Waals surface area contributed by atoms with Gasteiger partial charge in [-0.25, -0.2) is 4.79 Å². The Morgan fingerprint density at radius 3 is 2.30 bits per heavy atom. The van der Waals surface area contributed by atoms with Gasteiger partial charge < -0.3 is 15.7 Å². The lowest BCUT2D eigenvalue weighted by Gasteiger charge is -2.42. The molecule has 6 heteroatoms. The molecule has 2 amide bonds. The molecule has 116 valence electrons. The first-order chi connectivity index (χ1) is 9.49. The first-order valence-corrected chi connectivity index (χ1v) is 7.52. The summed E-state index contributed by atoms with van der Waals surface area (Å²) in [6, 6.07) is 0.556. The fraction of sp³-hybridized carbons (Fsp3) is 0.857. The molecule has 1 aliphatic rings. The number of carbonyl (C=O) groups excluding carboxylic acids is 1. The van der Waals surface area contributed by atoms with Gasteiger partial charge in [0.05, 0.1) is 6.54 Å². The van der Waals surface area contributed by atoms with Crippen molar-refractivity contribution in [2.75, 3.05) is 13.1 Å². The number of amides is 2. The molecule has 0 aromatic rings. The van der Waals surface area contributed by atoms with E-state index in [1.54, 1.807) is 0 Å². The topological polar surface area (TPSA) is 81.7 Å². The molecule has 0 aromatic heterocycles. The van der Waals surface area contributed by atoms with Crippen LogP contribution < -0.4 is 10.6 Å². The Labute approximate surface area is 120 Å². The van der Waals surface area contributed by atoms with Crippen LogP contribution in [0.2, 0.25) is 0 Å². The highest BCUT2D eigenvalue weighted by atomic mass is 16.4. The van der Waals surface area contributed by atoms with Gasteiger partial charge in [0, 0.05) is 18.1 Å². The van der Waals surface area contributed by atoms with E-state index in [1.807, 2.05) is 11.8 Å². The van der Waals surface area contributed by atoms with Gasteiger partial charge in [0.2, 0.25) is 0 Å². The Morgan fingerprint density at radius 2 is 1.85 bits per heavy atom. The smallest absolute Gasteiger partial charge is 0.317 e. The van der Waals surface area contributed by atoms with Gasteiger partial charge in [0.15, 0.2) is 0 Å². The van der Waals surface area contributed by atoms with Crippen LogP contribution in [0.5, 0.6) is 0 Å². The summed E-state index contributed by atoms with van der Waals surface area (Å²) in [7, 11) is 0. The average molecular weight is 285 g/mol. The summed E-state index contributed by atoms with van der Waals surface area (Å²) in [6.07, 6.45) is 3.52. The van der Waals surface area contributed by atoms with Crippen molar-refractivity contribution in [3.05, 3.63) is 0 Å². The van der Waals surface area contributed by atoms with Gasteiger partial charge in [-0.15, -0.1) is 0 Å². The van der Waals surface area contributed by atoms with E-state index in [0.29, 0.717) is 0 Å². The van der Waals surface area contributed by atoms with Crippen LogP contribution >= 0.6 is 0 Å². The maximum atomic E-state index is 11.8.